The lowest BCUT2D eigenvalue weighted by Gasteiger charge is -2.11. The minimum atomic E-state index is -0.621. The number of rotatable bonds is 13. The maximum atomic E-state index is 12.9. The third kappa shape index (κ3) is 7.48. The predicted molar refractivity (Wildman–Crippen MR) is 151 cm³/mol. The Bertz CT molecular complexity index is 1360. The summed E-state index contributed by atoms with van der Waals surface area (Å²) in [4.78, 5) is 38.1. The molecule has 1 amide bonds. The van der Waals surface area contributed by atoms with Crippen LogP contribution in [0.15, 0.2) is 36.0 Å². The lowest BCUT2D eigenvalue weighted by Crippen LogP contribution is -2.17. The quantitative estimate of drug-likeness (QED) is 0.169. The third-order valence-corrected chi connectivity index (χ3v) is 7.63. The molecule has 0 atom stereocenters. The highest BCUT2D eigenvalue weighted by Gasteiger charge is 2.27. The molecular weight excluding hydrogens is 540 g/mol. The van der Waals surface area contributed by atoms with Gasteiger partial charge in [0.15, 0.2) is 11.0 Å². The zero-order valence-electron chi connectivity index (χ0n) is 22.7. The van der Waals surface area contributed by atoms with Gasteiger partial charge in [-0.25, -0.2) is 9.59 Å². The number of esters is 2. The summed E-state index contributed by atoms with van der Waals surface area (Å²) in [6.07, 6.45) is 1.71. The Kier molecular flexibility index (Phi) is 10.7. The molecule has 39 heavy (non-hydrogen) atoms. The van der Waals surface area contributed by atoms with Crippen molar-refractivity contribution in [3.05, 3.63) is 63.8 Å². The number of nitrogens with one attached hydrogen (secondary N) is 1. The van der Waals surface area contributed by atoms with E-state index in [9.17, 15) is 14.4 Å². The van der Waals surface area contributed by atoms with Crippen LogP contribution < -0.4 is 10.1 Å². The van der Waals surface area contributed by atoms with Crippen LogP contribution in [0, 0.1) is 20.8 Å². The molecule has 208 valence electrons. The molecule has 0 saturated carbocycles. The van der Waals surface area contributed by atoms with E-state index < -0.39 is 11.9 Å². The second-order valence-electron chi connectivity index (χ2n) is 8.39. The van der Waals surface area contributed by atoms with Crippen molar-refractivity contribution in [2.75, 3.05) is 24.3 Å². The molecule has 1 aromatic carbocycles. The molecule has 0 bridgehead atoms. The summed E-state index contributed by atoms with van der Waals surface area (Å²) in [5.41, 5.74) is 2.65. The Morgan fingerprint density at radius 3 is 2.51 bits per heavy atom. The van der Waals surface area contributed by atoms with Crippen LogP contribution in [-0.2, 0) is 27.4 Å². The minimum Gasteiger partial charge on any atom is -0.485 e. The summed E-state index contributed by atoms with van der Waals surface area (Å²) in [5.74, 6) is -0.221. The van der Waals surface area contributed by atoms with Crippen molar-refractivity contribution >= 4 is 45.9 Å². The maximum Gasteiger partial charge on any atom is 0.348 e. The third-order valence-electron chi connectivity index (χ3n) is 5.48. The highest BCUT2D eigenvalue weighted by molar-refractivity contribution is 7.99. The number of hydrogen-bond donors (Lipinski definition) is 1. The summed E-state index contributed by atoms with van der Waals surface area (Å²) in [6, 6.07) is 5.98. The summed E-state index contributed by atoms with van der Waals surface area (Å²) < 4.78 is 18.1. The van der Waals surface area contributed by atoms with Gasteiger partial charge in [-0.3, -0.25) is 9.36 Å². The van der Waals surface area contributed by atoms with Crippen LogP contribution in [0.3, 0.4) is 0 Å². The first kappa shape index (κ1) is 29.9. The summed E-state index contributed by atoms with van der Waals surface area (Å²) in [7, 11) is 0. The van der Waals surface area contributed by atoms with Crippen LogP contribution in [0.4, 0.5) is 5.00 Å². The zero-order valence-corrected chi connectivity index (χ0v) is 24.3. The van der Waals surface area contributed by atoms with Gasteiger partial charge in [-0.05, 0) is 57.4 Å². The van der Waals surface area contributed by atoms with Gasteiger partial charge in [-0.1, -0.05) is 30.0 Å². The topological polar surface area (TPSA) is 122 Å². The molecule has 0 aliphatic heterocycles. The molecule has 0 radical (unpaired) electrons. The molecule has 2 heterocycles. The fraction of sp³-hybridized carbons (Fsp3) is 0.370. The van der Waals surface area contributed by atoms with Gasteiger partial charge in [0, 0.05) is 6.54 Å². The molecule has 0 spiro atoms. The van der Waals surface area contributed by atoms with E-state index in [4.69, 9.17) is 14.2 Å². The molecule has 1 N–H and O–H groups in total. The van der Waals surface area contributed by atoms with Gasteiger partial charge in [0.2, 0.25) is 5.91 Å². The van der Waals surface area contributed by atoms with Gasteiger partial charge in [0.1, 0.15) is 22.2 Å². The number of aryl methyl sites for hydroxylation is 2. The summed E-state index contributed by atoms with van der Waals surface area (Å²) in [5, 5.41) is 12.0. The number of allylic oxidation sites excluding steroid dienone is 1. The van der Waals surface area contributed by atoms with Crippen LogP contribution in [0.2, 0.25) is 0 Å². The molecule has 2 aromatic heterocycles. The number of thiophene rings is 1. The minimum absolute atomic E-state index is 0.0128. The fourth-order valence-electron chi connectivity index (χ4n) is 3.58. The Morgan fingerprint density at radius 2 is 1.82 bits per heavy atom. The average Bonchev–Trinajstić information content (AvgIpc) is 3.43. The molecule has 0 saturated heterocycles. The van der Waals surface area contributed by atoms with Crippen molar-refractivity contribution in [2.45, 2.75) is 52.9 Å². The smallest absolute Gasteiger partial charge is 0.348 e. The monoisotopic (exact) mass is 572 g/mol. The molecule has 0 fully saturated rings. The van der Waals surface area contributed by atoms with Crippen LogP contribution in [-0.4, -0.2) is 51.6 Å². The number of thioether (sulfide) groups is 1. The number of hydrogen-bond acceptors (Lipinski definition) is 10. The number of anilines is 1. The number of carbonyl (C=O) groups is 3. The van der Waals surface area contributed by atoms with E-state index in [1.54, 1.807) is 26.8 Å². The second-order valence-corrected chi connectivity index (χ2v) is 10.4. The van der Waals surface area contributed by atoms with Gasteiger partial charge in [0.25, 0.3) is 0 Å². The Balaban J connectivity index is 1.73. The van der Waals surface area contributed by atoms with E-state index in [0.29, 0.717) is 23.1 Å². The van der Waals surface area contributed by atoms with Crippen molar-refractivity contribution in [1.29, 1.82) is 0 Å². The number of ether oxygens (including phenoxy) is 3. The summed E-state index contributed by atoms with van der Waals surface area (Å²) in [6.45, 7) is 13.7. The number of aromatic nitrogens is 3. The number of nitrogens with zero attached hydrogens (tertiary/aromatic N) is 3. The average molecular weight is 573 g/mol. The number of amides is 1. The Hall–Kier alpha value is -3.64. The molecular formula is C27H32N4O6S2. The van der Waals surface area contributed by atoms with Gasteiger partial charge in [-0.2, -0.15) is 0 Å². The SMILES string of the molecule is C=CCn1c(COc2cc(C)ccc2C)nnc1SCC(=O)Nc1sc(C(=O)OCC)c(C)c1C(=O)OCC. The molecule has 3 rings (SSSR count). The molecule has 0 aliphatic rings. The highest BCUT2D eigenvalue weighted by atomic mass is 32.2. The Labute approximate surface area is 235 Å². The first-order chi connectivity index (χ1) is 18.7. The standard InChI is InChI=1S/C27H32N4O6S2/c1-7-12-31-20(14-37-19-13-16(4)10-11-17(19)5)29-30-27(31)38-15-21(32)28-24-22(25(33)35-8-2)18(6)23(39-24)26(34)36-9-3/h7,10-11,13H,1,8-9,12,14-15H2,2-6H3,(H,28,32). The highest BCUT2D eigenvalue weighted by Crippen LogP contribution is 2.34. The van der Waals surface area contributed by atoms with Gasteiger partial charge in [0.05, 0.1) is 24.5 Å². The molecule has 0 aliphatic carbocycles. The van der Waals surface area contributed by atoms with Crippen molar-refractivity contribution in [3.63, 3.8) is 0 Å². The summed E-state index contributed by atoms with van der Waals surface area (Å²) >= 11 is 2.16. The van der Waals surface area contributed by atoms with E-state index in [1.807, 2.05) is 36.6 Å². The normalized spacial score (nSPS) is 10.7. The largest absolute Gasteiger partial charge is 0.485 e. The van der Waals surface area contributed by atoms with Gasteiger partial charge >= 0.3 is 11.9 Å². The van der Waals surface area contributed by atoms with Crippen LogP contribution in [0.1, 0.15) is 56.4 Å². The lowest BCUT2D eigenvalue weighted by atomic mass is 10.1. The number of carbonyl (C=O) groups excluding carboxylic acids is 3. The first-order valence-electron chi connectivity index (χ1n) is 12.3. The van der Waals surface area contributed by atoms with Crippen LogP contribution in [0.25, 0.3) is 0 Å². The molecule has 3 aromatic rings. The van der Waals surface area contributed by atoms with E-state index >= 15 is 0 Å². The first-order valence-corrected chi connectivity index (χ1v) is 14.1. The van der Waals surface area contributed by atoms with Crippen LogP contribution >= 0.6 is 23.1 Å². The van der Waals surface area contributed by atoms with E-state index in [1.165, 1.54) is 11.8 Å². The number of benzene rings is 1. The van der Waals surface area contributed by atoms with E-state index in [0.717, 1.165) is 28.2 Å². The molecule has 0 unspecified atom stereocenters. The van der Waals surface area contributed by atoms with E-state index in [-0.39, 0.29) is 46.9 Å². The van der Waals surface area contributed by atoms with E-state index in [2.05, 4.69) is 22.1 Å². The molecule has 10 nitrogen and oxygen atoms in total. The van der Waals surface area contributed by atoms with Gasteiger partial charge < -0.3 is 19.5 Å². The zero-order chi connectivity index (χ0) is 28.5. The fourth-order valence-corrected chi connectivity index (χ4v) is 5.46. The Morgan fingerprint density at radius 1 is 1.10 bits per heavy atom. The predicted octanol–water partition coefficient (Wildman–Crippen LogP) is 5.11. The lowest BCUT2D eigenvalue weighted by molar-refractivity contribution is -0.113. The molecule has 12 heteroatoms. The van der Waals surface area contributed by atoms with Crippen molar-refractivity contribution < 1.29 is 28.6 Å². The van der Waals surface area contributed by atoms with Crippen molar-refractivity contribution in [3.8, 4) is 5.75 Å². The maximum absolute atomic E-state index is 12.9. The second kappa shape index (κ2) is 13.9. The van der Waals surface area contributed by atoms with Crippen LogP contribution in [0.5, 0.6) is 5.75 Å². The van der Waals surface area contributed by atoms with Gasteiger partial charge in [-0.15, -0.1) is 28.1 Å². The van der Waals surface area contributed by atoms with Crippen molar-refractivity contribution in [2.24, 2.45) is 0 Å². The van der Waals surface area contributed by atoms with Crippen molar-refractivity contribution in [1.82, 2.24) is 14.8 Å².